The zero-order valence-electron chi connectivity index (χ0n) is 14.6. The normalized spacial score (nSPS) is 29.3. The van der Waals surface area contributed by atoms with Gasteiger partial charge in [0.05, 0.1) is 5.92 Å². The lowest BCUT2D eigenvalue weighted by atomic mass is 9.75. The fourth-order valence-electron chi connectivity index (χ4n) is 4.86. The summed E-state index contributed by atoms with van der Waals surface area (Å²) in [6, 6.07) is 1.85. The van der Waals surface area contributed by atoms with Crippen molar-refractivity contribution in [3.8, 4) is 0 Å². The van der Waals surface area contributed by atoms with Crippen LogP contribution in [-0.2, 0) is 4.79 Å². The molecule has 1 amide bonds. The van der Waals surface area contributed by atoms with Crippen LogP contribution in [-0.4, -0.2) is 59.0 Å². The lowest BCUT2D eigenvalue weighted by Gasteiger charge is -2.42. The Hall–Kier alpha value is -1.69. The highest BCUT2D eigenvalue weighted by Crippen LogP contribution is 2.44. The molecule has 6 heteroatoms. The number of aromatic nitrogens is 2. The van der Waals surface area contributed by atoms with Crippen molar-refractivity contribution in [1.82, 2.24) is 20.2 Å². The van der Waals surface area contributed by atoms with Crippen molar-refractivity contribution >= 4 is 11.9 Å². The predicted octanol–water partition coefficient (Wildman–Crippen LogP) is 1.15. The zero-order chi connectivity index (χ0) is 16.7. The fraction of sp³-hybridized carbons (Fsp3) is 0.722. The summed E-state index contributed by atoms with van der Waals surface area (Å²) in [6.45, 7) is 9.42. The Morgan fingerprint density at radius 2 is 1.96 bits per heavy atom. The second-order valence-electron chi connectivity index (χ2n) is 8.01. The van der Waals surface area contributed by atoms with E-state index in [1.54, 1.807) is 12.4 Å². The van der Waals surface area contributed by atoms with E-state index in [1.807, 2.05) is 6.07 Å². The van der Waals surface area contributed by atoms with E-state index in [0.717, 1.165) is 51.5 Å². The first-order chi connectivity index (χ1) is 11.6. The first-order valence-corrected chi connectivity index (χ1v) is 9.14. The van der Waals surface area contributed by atoms with E-state index < -0.39 is 0 Å². The van der Waals surface area contributed by atoms with Crippen LogP contribution in [0, 0.1) is 17.8 Å². The van der Waals surface area contributed by atoms with Crippen LogP contribution < -0.4 is 10.2 Å². The average molecular weight is 329 g/mol. The molecule has 1 aromatic heterocycles. The topological polar surface area (TPSA) is 61.4 Å². The largest absolute Gasteiger partial charge is 0.350 e. The van der Waals surface area contributed by atoms with E-state index in [9.17, 15) is 4.79 Å². The van der Waals surface area contributed by atoms with Crippen LogP contribution in [0.25, 0.3) is 0 Å². The third-order valence-corrected chi connectivity index (χ3v) is 5.93. The number of carbonyl (C=O) groups excluding carboxylic acids is 1. The highest BCUT2D eigenvalue weighted by molar-refractivity contribution is 5.83. The summed E-state index contributed by atoms with van der Waals surface area (Å²) in [5, 5.41) is 3.38. The van der Waals surface area contributed by atoms with Gasteiger partial charge in [0.25, 0.3) is 0 Å². The molecule has 1 aromatic rings. The van der Waals surface area contributed by atoms with Gasteiger partial charge in [-0.1, -0.05) is 13.8 Å². The van der Waals surface area contributed by atoms with E-state index in [0.29, 0.717) is 11.8 Å². The molecule has 4 heterocycles. The van der Waals surface area contributed by atoms with E-state index in [-0.39, 0.29) is 17.4 Å². The highest BCUT2D eigenvalue weighted by atomic mass is 16.2. The molecule has 3 saturated heterocycles. The molecule has 2 unspecified atom stereocenters. The maximum absolute atomic E-state index is 12.5. The van der Waals surface area contributed by atoms with Gasteiger partial charge in [0, 0.05) is 56.6 Å². The number of likely N-dealkylation sites (tertiary alicyclic amines) is 1. The summed E-state index contributed by atoms with van der Waals surface area (Å²) in [4.78, 5) is 26.0. The molecular formula is C18H27N5O. The number of carbonyl (C=O) groups is 1. The summed E-state index contributed by atoms with van der Waals surface area (Å²) in [7, 11) is 0. The van der Waals surface area contributed by atoms with Crippen LogP contribution in [0.15, 0.2) is 18.5 Å². The van der Waals surface area contributed by atoms with Crippen molar-refractivity contribution in [2.45, 2.75) is 32.2 Å². The molecule has 3 fully saturated rings. The van der Waals surface area contributed by atoms with Gasteiger partial charge in [0.1, 0.15) is 0 Å². The second kappa shape index (κ2) is 5.99. The number of amides is 1. The molecule has 0 saturated carbocycles. The van der Waals surface area contributed by atoms with Crippen molar-refractivity contribution < 1.29 is 4.79 Å². The third kappa shape index (κ3) is 2.66. The maximum Gasteiger partial charge on any atom is 0.225 e. The van der Waals surface area contributed by atoms with Gasteiger partial charge in [-0.25, -0.2) is 9.97 Å². The SMILES string of the molecule is CC(C)CN1CC2C(=O)NC3(CCN(c4ncccn4)CC3)C2C1. The number of piperidine rings is 1. The summed E-state index contributed by atoms with van der Waals surface area (Å²) < 4.78 is 0. The summed E-state index contributed by atoms with van der Waals surface area (Å²) in [5.74, 6) is 2.38. The van der Waals surface area contributed by atoms with Crippen LogP contribution in [0.4, 0.5) is 5.95 Å². The summed E-state index contributed by atoms with van der Waals surface area (Å²) in [5.41, 5.74) is -0.0151. The minimum atomic E-state index is -0.0151. The molecule has 0 radical (unpaired) electrons. The van der Waals surface area contributed by atoms with Gasteiger partial charge < -0.3 is 15.1 Å². The average Bonchev–Trinajstić information content (AvgIpc) is 3.09. The fourth-order valence-corrected chi connectivity index (χ4v) is 4.86. The lowest BCUT2D eigenvalue weighted by molar-refractivity contribution is -0.123. The van der Waals surface area contributed by atoms with Gasteiger partial charge in [-0.15, -0.1) is 0 Å². The van der Waals surface area contributed by atoms with Crippen molar-refractivity contribution in [1.29, 1.82) is 0 Å². The van der Waals surface area contributed by atoms with Crippen molar-refractivity contribution in [2.24, 2.45) is 17.8 Å². The molecule has 0 aliphatic carbocycles. The van der Waals surface area contributed by atoms with E-state index in [2.05, 4.69) is 38.9 Å². The molecule has 3 aliphatic rings. The first kappa shape index (κ1) is 15.8. The van der Waals surface area contributed by atoms with Crippen LogP contribution in [0.2, 0.25) is 0 Å². The van der Waals surface area contributed by atoms with E-state index in [4.69, 9.17) is 0 Å². The van der Waals surface area contributed by atoms with Gasteiger partial charge in [-0.2, -0.15) is 0 Å². The smallest absolute Gasteiger partial charge is 0.225 e. The zero-order valence-corrected chi connectivity index (χ0v) is 14.6. The Morgan fingerprint density at radius 3 is 2.62 bits per heavy atom. The van der Waals surface area contributed by atoms with Crippen LogP contribution in [0.5, 0.6) is 0 Å². The third-order valence-electron chi connectivity index (χ3n) is 5.93. The molecule has 130 valence electrons. The Kier molecular flexibility index (Phi) is 3.95. The standard InChI is InChI=1S/C18H27N5O/c1-13(2)10-22-11-14-15(12-22)18(21-16(14)24)4-8-23(9-5-18)17-19-6-3-7-20-17/h3,6-7,13-15H,4-5,8-12H2,1-2H3,(H,21,24). The van der Waals surface area contributed by atoms with Crippen molar-refractivity contribution in [2.75, 3.05) is 37.6 Å². The molecule has 0 aromatic carbocycles. The molecule has 1 N–H and O–H groups in total. The molecule has 24 heavy (non-hydrogen) atoms. The van der Waals surface area contributed by atoms with Gasteiger partial charge in [0.2, 0.25) is 11.9 Å². The molecule has 4 rings (SSSR count). The number of fused-ring (bicyclic) bond motifs is 2. The van der Waals surface area contributed by atoms with Crippen molar-refractivity contribution in [3.63, 3.8) is 0 Å². The molecule has 6 nitrogen and oxygen atoms in total. The predicted molar refractivity (Wildman–Crippen MR) is 92.6 cm³/mol. The Labute approximate surface area is 143 Å². The number of hydrogen-bond donors (Lipinski definition) is 1. The molecule has 2 atom stereocenters. The quantitative estimate of drug-likeness (QED) is 0.901. The minimum absolute atomic E-state index is 0.0151. The summed E-state index contributed by atoms with van der Waals surface area (Å²) >= 11 is 0. The highest BCUT2D eigenvalue weighted by Gasteiger charge is 2.57. The molecule has 0 bridgehead atoms. The number of nitrogens with one attached hydrogen (secondary N) is 1. The summed E-state index contributed by atoms with van der Waals surface area (Å²) in [6.07, 6.45) is 5.57. The van der Waals surface area contributed by atoms with Gasteiger partial charge in [-0.05, 0) is 24.8 Å². The van der Waals surface area contributed by atoms with Gasteiger partial charge in [0.15, 0.2) is 0 Å². The molecule has 1 spiro atoms. The van der Waals surface area contributed by atoms with Crippen molar-refractivity contribution in [3.05, 3.63) is 18.5 Å². The molecule has 3 aliphatic heterocycles. The Morgan fingerprint density at radius 1 is 1.25 bits per heavy atom. The molecular weight excluding hydrogens is 302 g/mol. The number of nitrogens with zero attached hydrogens (tertiary/aromatic N) is 4. The number of hydrogen-bond acceptors (Lipinski definition) is 5. The Balaban J connectivity index is 1.46. The Bertz CT molecular complexity index is 597. The number of anilines is 1. The first-order valence-electron chi connectivity index (χ1n) is 9.14. The number of rotatable bonds is 3. The van der Waals surface area contributed by atoms with E-state index >= 15 is 0 Å². The van der Waals surface area contributed by atoms with Crippen LogP contribution in [0.1, 0.15) is 26.7 Å². The lowest BCUT2D eigenvalue weighted by Crippen LogP contribution is -2.55. The van der Waals surface area contributed by atoms with Crippen LogP contribution >= 0.6 is 0 Å². The minimum Gasteiger partial charge on any atom is -0.350 e. The van der Waals surface area contributed by atoms with Crippen LogP contribution in [0.3, 0.4) is 0 Å². The second-order valence-corrected chi connectivity index (χ2v) is 8.01. The van der Waals surface area contributed by atoms with Gasteiger partial charge in [-0.3, -0.25) is 4.79 Å². The van der Waals surface area contributed by atoms with E-state index in [1.165, 1.54) is 0 Å². The maximum atomic E-state index is 12.5. The van der Waals surface area contributed by atoms with Gasteiger partial charge >= 0.3 is 0 Å². The monoisotopic (exact) mass is 329 g/mol.